The summed E-state index contributed by atoms with van der Waals surface area (Å²) in [6, 6.07) is 8.85. The Balaban J connectivity index is 1.52. The molecule has 0 spiro atoms. The molecule has 2 aliphatic heterocycles. The summed E-state index contributed by atoms with van der Waals surface area (Å²) >= 11 is 0. The van der Waals surface area contributed by atoms with Crippen molar-refractivity contribution >= 4 is 11.8 Å². The summed E-state index contributed by atoms with van der Waals surface area (Å²) in [6.45, 7) is 2.21. The largest absolute Gasteiger partial charge is 0.490 e. The van der Waals surface area contributed by atoms with Gasteiger partial charge in [0.05, 0.1) is 13.2 Å². The Kier molecular flexibility index (Phi) is 7.17. The number of piperidine rings is 1. The number of ether oxygens (including phenoxy) is 2. The van der Waals surface area contributed by atoms with Gasteiger partial charge in [-0.3, -0.25) is 9.59 Å². The molecule has 0 bridgehead atoms. The third kappa shape index (κ3) is 5.47. The fourth-order valence-electron chi connectivity index (χ4n) is 4.26. The SMILES string of the molecule is O=C(C[C@H]1CN(C(=O)c2c(F)cccc2F)CC[C@@H]1Oc1ccc(F)cc1)N1CCOCC1. The van der Waals surface area contributed by atoms with Crippen molar-refractivity contribution in [2.75, 3.05) is 39.4 Å². The smallest absolute Gasteiger partial charge is 0.259 e. The summed E-state index contributed by atoms with van der Waals surface area (Å²) < 4.78 is 53.0. The Morgan fingerprint density at radius 3 is 2.27 bits per heavy atom. The minimum absolute atomic E-state index is 0.0950. The number of likely N-dealkylation sites (tertiary alicyclic amines) is 1. The Labute approximate surface area is 189 Å². The van der Waals surface area contributed by atoms with Gasteiger partial charge in [-0.25, -0.2) is 13.2 Å². The van der Waals surface area contributed by atoms with Crippen molar-refractivity contribution in [3.05, 3.63) is 65.5 Å². The van der Waals surface area contributed by atoms with E-state index >= 15 is 0 Å². The lowest BCUT2D eigenvalue weighted by Crippen LogP contribution is -2.50. The van der Waals surface area contributed by atoms with Gasteiger partial charge in [-0.2, -0.15) is 0 Å². The highest BCUT2D eigenvalue weighted by atomic mass is 19.1. The van der Waals surface area contributed by atoms with Crippen LogP contribution in [0.3, 0.4) is 0 Å². The summed E-state index contributed by atoms with van der Waals surface area (Å²) in [6.07, 6.45) is 0.0466. The number of amides is 2. The molecule has 2 atom stereocenters. The molecule has 0 N–H and O–H groups in total. The zero-order valence-electron chi connectivity index (χ0n) is 18.0. The Morgan fingerprint density at radius 1 is 0.939 bits per heavy atom. The number of nitrogens with zero attached hydrogens (tertiary/aromatic N) is 2. The zero-order valence-corrected chi connectivity index (χ0v) is 18.0. The highest BCUT2D eigenvalue weighted by Crippen LogP contribution is 2.28. The van der Waals surface area contributed by atoms with Gasteiger partial charge in [0.2, 0.25) is 5.91 Å². The first kappa shape index (κ1) is 23.1. The summed E-state index contributed by atoms with van der Waals surface area (Å²) in [5.74, 6) is -3.05. The van der Waals surface area contributed by atoms with Crippen LogP contribution < -0.4 is 4.74 Å². The van der Waals surface area contributed by atoms with Gasteiger partial charge in [0.25, 0.3) is 5.91 Å². The quantitative estimate of drug-likeness (QED) is 0.685. The Bertz CT molecular complexity index is 975. The molecular formula is C24H25F3N2O4. The van der Waals surface area contributed by atoms with E-state index < -0.39 is 40.9 Å². The van der Waals surface area contributed by atoms with Crippen molar-refractivity contribution in [3.63, 3.8) is 0 Å². The Hall–Kier alpha value is -3.07. The number of morpholine rings is 1. The Morgan fingerprint density at radius 2 is 1.61 bits per heavy atom. The fraction of sp³-hybridized carbons (Fsp3) is 0.417. The minimum Gasteiger partial charge on any atom is -0.490 e. The molecule has 0 saturated carbocycles. The van der Waals surface area contributed by atoms with Gasteiger partial charge >= 0.3 is 0 Å². The van der Waals surface area contributed by atoms with E-state index in [1.165, 1.54) is 35.2 Å². The van der Waals surface area contributed by atoms with Gasteiger partial charge in [-0.05, 0) is 36.4 Å². The number of carbonyl (C=O) groups is 2. The zero-order chi connectivity index (χ0) is 23.4. The van der Waals surface area contributed by atoms with Crippen LogP contribution in [0.4, 0.5) is 13.2 Å². The van der Waals surface area contributed by atoms with Crippen molar-refractivity contribution < 1.29 is 32.2 Å². The molecule has 2 heterocycles. The highest BCUT2D eigenvalue weighted by Gasteiger charge is 2.37. The van der Waals surface area contributed by atoms with Crippen molar-refractivity contribution in [2.24, 2.45) is 5.92 Å². The average molecular weight is 462 g/mol. The monoisotopic (exact) mass is 462 g/mol. The van der Waals surface area contributed by atoms with Crippen LogP contribution >= 0.6 is 0 Å². The normalized spacial score (nSPS) is 21.1. The first-order valence-corrected chi connectivity index (χ1v) is 10.9. The molecule has 2 aliphatic rings. The molecule has 2 amide bonds. The molecule has 0 aromatic heterocycles. The number of hydrogen-bond acceptors (Lipinski definition) is 4. The molecule has 2 aromatic carbocycles. The van der Waals surface area contributed by atoms with Gasteiger partial charge in [0, 0.05) is 44.9 Å². The van der Waals surface area contributed by atoms with E-state index in [1.807, 2.05) is 0 Å². The topological polar surface area (TPSA) is 59.1 Å². The number of carbonyl (C=O) groups excluding carboxylic acids is 2. The average Bonchev–Trinajstić information content (AvgIpc) is 2.82. The van der Waals surface area contributed by atoms with Crippen LogP contribution in [0.25, 0.3) is 0 Å². The molecule has 33 heavy (non-hydrogen) atoms. The third-order valence-electron chi connectivity index (χ3n) is 6.03. The van der Waals surface area contributed by atoms with E-state index in [2.05, 4.69) is 0 Å². The van der Waals surface area contributed by atoms with Crippen LogP contribution in [0, 0.1) is 23.4 Å². The maximum absolute atomic E-state index is 14.2. The van der Waals surface area contributed by atoms with Gasteiger partial charge in [-0.15, -0.1) is 0 Å². The van der Waals surface area contributed by atoms with E-state index in [0.717, 1.165) is 12.1 Å². The van der Waals surface area contributed by atoms with Crippen LogP contribution in [0.15, 0.2) is 42.5 Å². The number of hydrogen-bond donors (Lipinski definition) is 0. The molecule has 0 unspecified atom stereocenters. The third-order valence-corrected chi connectivity index (χ3v) is 6.03. The molecule has 0 aliphatic carbocycles. The van der Waals surface area contributed by atoms with Crippen LogP contribution in [0.2, 0.25) is 0 Å². The van der Waals surface area contributed by atoms with E-state index in [1.54, 1.807) is 4.90 Å². The van der Waals surface area contributed by atoms with Crippen molar-refractivity contribution in [2.45, 2.75) is 18.9 Å². The molecule has 4 rings (SSSR count). The molecule has 2 fully saturated rings. The molecule has 9 heteroatoms. The maximum atomic E-state index is 14.2. The van der Waals surface area contributed by atoms with Crippen molar-refractivity contribution in [1.29, 1.82) is 0 Å². The summed E-state index contributed by atoms with van der Waals surface area (Å²) in [5.41, 5.74) is -0.603. The standard InChI is InChI=1S/C24H25F3N2O4/c25-17-4-6-18(7-5-17)33-21-8-9-29(24(31)23-19(26)2-1-3-20(23)27)15-16(21)14-22(30)28-10-12-32-13-11-28/h1-7,16,21H,8-15H2/t16-,21-/m0/s1. The molecular weight excluding hydrogens is 437 g/mol. The van der Waals surface area contributed by atoms with Gasteiger partial charge in [0.1, 0.15) is 34.9 Å². The second-order valence-corrected chi connectivity index (χ2v) is 8.20. The summed E-state index contributed by atoms with van der Waals surface area (Å²) in [4.78, 5) is 28.9. The van der Waals surface area contributed by atoms with Crippen LogP contribution in [0.5, 0.6) is 5.75 Å². The predicted octanol–water partition coefficient (Wildman–Crippen LogP) is 3.26. The van der Waals surface area contributed by atoms with E-state index in [-0.39, 0.29) is 25.4 Å². The first-order chi connectivity index (χ1) is 15.9. The van der Waals surface area contributed by atoms with Crippen LogP contribution in [-0.2, 0) is 9.53 Å². The van der Waals surface area contributed by atoms with Crippen LogP contribution in [0.1, 0.15) is 23.2 Å². The van der Waals surface area contributed by atoms with Gasteiger partial charge in [-0.1, -0.05) is 6.07 Å². The van der Waals surface area contributed by atoms with Gasteiger partial charge in [0.15, 0.2) is 0 Å². The van der Waals surface area contributed by atoms with E-state index in [4.69, 9.17) is 9.47 Å². The van der Waals surface area contributed by atoms with E-state index in [0.29, 0.717) is 38.5 Å². The molecule has 2 aromatic rings. The second kappa shape index (κ2) is 10.2. The van der Waals surface area contributed by atoms with Crippen molar-refractivity contribution in [3.8, 4) is 5.75 Å². The van der Waals surface area contributed by atoms with E-state index in [9.17, 15) is 22.8 Å². The molecule has 2 saturated heterocycles. The summed E-state index contributed by atoms with van der Waals surface area (Å²) in [5, 5.41) is 0. The van der Waals surface area contributed by atoms with Gasteiger partial charge < -0.3 is 19.3 Å². The highest BCUT2D eigenvalue weighted by molar-refractivity contribution is 5.95. The number of benzene rings is 2. The molecule has 176 valence electrons. The summed E-state index contributed by atoms with van der Waals surface area (Å²) in [7, 11) is 0. The number of rotatable bonds is 5. The molecule has 0 radical (unpaired) electrons. The minimum atomic E-state index is -0.925. The molecule has 6 nitrogen and oxygen atoms in total. The predicted molar refractivity (Wildman–Crippen MR) is 113 cm³/mol. The first-order valence-electron chi connectivity index (χ1n) is 10.9. The number of halogens is 3. The lowest BCUT2D eigenvalue weighted by atomic mass is 9.90. The fourth-order valence-corrected chi connectivity index (χ4v) is 4.26. The lowest BCUT2D eigenvalue weighted by molar-refractivity contribution is -0.137. The second-order valence-electron chi connectivity index (χ2n) is 8.20. The maximum Gasteiger partial charge on any atom is 0.259 e. The van der Waals surface area contributed by atoms with Crippen LogP contribution in [-0.4, -0.2) is 67.1 Å². The lowest BCUT2D eigenvalue weighted by Gasteiger charge is -2.39. The van der Waals surface area contributed by atoms with Crippen molar-refractivity contribution in [1.82, 2.24) is 9.80 Å².